The van der Waals surface area contributed by atoms with Crippen molar-refractivity contribution >= 4 is 11.8 Å². The van der Waals surface area contributed by atoms with Crippen LogP contribution in [-0.2, 0) is 16.1 Å². The first kappa shape index (κ1) is 13.6. The number of imide groups is 1. The van der Waals surface area contributed by atoms with Gasteiger partial charge in [-0.05, 0) is 24.5 Å². The molecule has 1 aliphatic heterocycles. The summed E-state index contributed by atoms with van der Waals surface area (Å²) < 4.78 is 13.1. The Bertz CT molecular complexity index is 512. The predicted octanol–water partition coefficient (Wildman–Crippen LogP) is 2.29. The monoisotopic (exact) mass is 264 g/mol. The van der Waals surface area contributed by atoms with Crippen LogP contribution in [0.4, 0.5) is 4.39 Å². The number of aromatic nitrogens is 1. The molecule has 1 aromatic heterocycles. The molecular formula is C14H17FN2O2. The second-order valence-corrected chi connectivity index (χ2v) is 4.96. The molecule has 5 heteroatoms. The normalized spacial score (nSPS) is 18.2. The Balaban J connectivity index is 2.22. The Morgan fingerprint density at radius 1 is 1.32 bits per heavy atom. The van der Waals surface area contributed by atoms with Crippen LogP contribution in [0, 0.1) is 11.2 Å². The molecular weight excluding hydrogens is 247 g/mol. The van der Waals surface area contributed by atoms with Crippen molar-refractivity contribution in [3.8, 4) is 0 Å². The van der Waals surface area contributed by atoms with Crippen molar-refractivity contribution in [2.45, 2.75) is 39.7 Å². The summed E-state index contributed by atoms with van der Waals surface area (Å²) in [5.41, 5.74) is -0.0395. The Labute approximate surface area is 111 Å². The number of nitrogens with zero attached hydrogens (tertiary/aromatic N) is 2. The lowest BCUT2D eigenvalue weighted by atomic mass is 9.81. The standard InChI is InChI=1S/C14H17FN2O2/c1-3-14(4-2)6-12(18)17(13(14)19)9-10-5-11(15)8-16-7-10/h5,7-8H,3-4,6,9H2,1-2H3. The first-order chi connectivity index (χ1) is 9.02. The lowest BCUT2D eigenvalue weighted by Gasteiger charge is -2.23. The molecule has 0 spiro atoms. The third-order valence-corrected chi connectivity index (χ3v) is 3.95. The topological polar surface area (TPSA) is 50.3 Å². The van der Waals surface area contributed by atoms with Gasteiger partial charge in [-0.25, -0.2) is 4.39 Å². The van der Waals surface area contributed by atoms with Crippen LogP contribution in [0.1, 0.15) is 38.7 Å². The number of likely N-dealkylation sites (tertiary alicyclic amines) is 1. The van der Waals surface area contributed by atoms with E-state index in [-0.39, 0.29) is 24.8 Å². The highest BCUT2D eigenvalue weighted by molar-refractivity contribution is 6.05. The minimum atomic E-state index is -0.572. The highest BCUT2D eigenvalue weighted by Crippen LogP contribution is 2.39. The predicted molar refractivity (Wildman–Crippen MR) is 67.4 cm³/mol. The number of rotatable bonds is 4. The second kappa shape index (κ2) is 5.07. The number of hydrogen-bond donors (Lipinski definition) is 0. The van der Waals surface area contributed by atoms with Crippen LogP contribution in [0.2, 0.25) is 0 Å². The van der Waals surface area contributed by atoms with Crippen molar-refractivity contribution in [1.29, 1.82) is 0 Å². The Morgan fingerprint density at radius 3 is 2.53 bits per heavy atom. The molecule has 2 heterocycles. The van der Waals surface area contributed by atoms with Crippen molar-refractivity contribution in [1.82, 2.24) is 9.88 Å². The zero-order chi connectivity index (χ0) is 14.0. The van der Waals surface area contributed by atoms with E-state index in [0.29, 0.717) is 18.4 Å². The smallest absolute Gasteiger partial charge is 0.236 e. The lowest BCUT2D eigenvalue weighted by Crippen LogP contribution is -2.34. The number of carbonyl (C=O) groups excluding carboxylic acids is 2. The van der Waals surface area contributed by atoms with Crippen LogP contribution >= 0.6 is 0 Å². The van der Waals surface area contributed by atoms with E-state index >= 15 is 0 Å². The van der Waals surface area contributed by atoms with Gasteiger partial charge in [-0.1, -0.05) is 13.8 Å². The average Bonchev–Trinajstić information content (AvgIpc) is 2.64. The van der Waals surface area contributed by atoms with Crippen molar-refractivity contribution < 1.29 is 14.0 Å². The summed E-state index contributed by atoms with van der Waals surface area (Å²) in [6.07, 6.45) is 4.11. The van der Waals surface area contributed by atoms with Crippen molar-refractivity contribution in [3.63, 3.8) is 0 Å². The maximum atomic E-state index is 13.1. The van der Waals surface area contributed by atoms with E-state index < -0.39 is 11.2 Å². The van der Waals surface area contributed by atoms with Gasteiger partial charge in [-0.15, -0.1) is 0 Å². The number of pyridine rings is 1. The zero-order valence-electron chi connectivity index (χ0n) is 11.1. The van der Waals surface area contributed by atoms with Gasteiger partial charge < -0.3 is 0 Å². The summed E-state index contributed by atoms with van der Waals surface area (Å²) in [6.45, 7) is 3.94. The summed E-state index contributed by atoms with van der Waals surface area (Å²) in [5.74, 6) is -0.793. The van der Waals surface area contributed by atoms with E-state index in [4.69, 9.17) is 0 Å². The molecule has 0 N–H and O–H groups in total. The van der Waals surface area contributed by atoms with Gasteiger partial charge in [-0.3, -0.25) is 19.5 Å². The third-order valence-electron chi connectivity index (χ3n) is 3.95. The fourth-order valence-electron chi connectivity index (χ4n) is 2.55. The largest absolute Gasteiger partial charge is 0.278 e. The molecule has 1 aliphatic rings. The Hall–Kier alpha value is -1.78. The van der Waals surface area contributed by atoms with Crippen LogP contribution in [-0.4, -0.2) is 21.7 Å². The molecule has 0 aromatic carbocycles. The van der Waals surface area contributed by atoms with Crippen molar-refractivity contribution in [2.75, 3.05) is 0 Å². The van der Waals surface area contributed by atoms with E-state index in [9.17, 15) is 14.0 Å². The zero-order valence-corrected chi connectivity index (χ0v) is 11.1. The first-order valence-electron chi connectivity index (χ1n) is 6.46. The van der Waals surface area contributed by atoms with E-state index in [1.165, 1.54) is 17.2 Å². The molecule has 19 heavy (non-hydrogen) atoms. The van der Waals surface area contributed by atoms with Gasteiger partial charge in [0.25, 0.3) is 0 Å². The number of halogens is 1. The highest BCUT2D eigenvalue weighted by Gasteiger charge is 2.48. The van der Waals surface area contributed by atoms with E-state index in [2.05, 4.69) is 4.98 Å². The maximum absolute atomic E-state index is 13.1. The van der Waals surface area contributed by atoms with Crippen LogP contribution in [0.5, 0.6) is 0 Å². The van der Waals surface area contributed by atoms with Crippen LogP contribution < -0.4 is 0 Å². The van der Waals surface area contributed by atoms with E-state index in [0.717, 1.165) is 6.20 Å². The molecule has 0 radical (unpaired) electrons. The molecule has 0 unspecified atom stereocenters. The second-order valence-electron chi connectivity index (χ2n) is 4.96. The fourth-order valence-corrected chi connectivity index (χ4v) is 2.55. The van der Waals surface area contributed by atoms with Gasteiger partial charge in [0.15, 0.2) is 0 Å². The third kappa shape index (κ3) is 2.37. The first-order valence-corrected chi connectivity index (χ1v) is 6.46. The molecule has 0 bridgehead atoms. The number of amides is 2. The number of hydrogen-bond acceptors (Lipinski definition) is 3. The van der Waals surface area contributed by atoms with E-state index in [1.54, 1.807) is 0 Å². The van der Waals surface area contributed by atoms with Gasteiger partial charge in [-0.2, -0.15) is 0 Å². The Morgan fingerprint density at radius 2 is 2.00 bits per heavy atom. The minimum Gasteiger partial charge on any atom is -0.278 e. The lowest BCUT2D eigenvalue weighted by molar-refractivity contribution is -0.142. The van der Waals surface area contributed by atoms with Gasteiger partial charge in [0, 0.05) is 12.6 Å². The minimum absolute atomic E-state index is 0.101. The van der Waals surface area contributed by atoms with Crippen molar-refractivity contribution in [2.24, 2.45) is 5.41 Å². The van der Waals surface area contributed by atoms with Crippen molar-refractivity contribution in [3.05, 3.63) is 29.8 Å². The summed E-state index contributed by atoms with van der Waals surface area (Å²) in [7, 11) is 0. The Kier molecular flexibility index (Phi) is 3.64. The van der Waals surface area contributed by atoms with Gasteiger partial charge >= 0.3 is 0 Å². The molecule has 2 rings (SSSR count). The summed E-state index contributed by atoms with van der Waals surface area (Å²) in [5, 5.41) is 0. The highest BCUT2D eigenvalue weighted by atomic mass is 19.1. The fraction of sp³-hybridized carbons (Fsp3) is 0.500. The van der Waals surface area contributed by atoms with Crippen LogP contribution in [0.25, 0.3) is 0 Å². The maximum Gasteiger partial charge on any atom is 0.236 e. The molecule has 0 aliphatic carbocycles. The van der Waals surface area contributed by atoms with Gasteiger partial charge in [0.2, 0.25) is 11.8 Å². The molecule has 0 saturated carbocycles. The molecule has 1 fully saturated rings. The van der Waals surface area contributed by atoms with Gasteiger partial charge in [0.05, 0.1) is 18.2 Å². The van der Waals surface area contributed by atoms with Gasteiger partial charge in [0.1, 0.15) is 5.82 Å². The molecule has 4 nitrogen and oxygen atoms in total. The molecule has 2 amide bonds. The quantitative estimate of drug-likeness (QED) is 0.784. The molecule has 1 saturated heterocycles. The van der Waals surface area contributed by atoms with Crippen LogP contribution in [0.3, 0.4) is 0 Å². The van der Waals surface area contributed by atoms with E-state index in [1.807, 2.05) is 13.8 Å². The average molecular weight is 264 g/mol. The van der Waals surface area contributed by atoms with Crippen LogP contribution in [0.15, 0.2) is 18.5 Å². The molecule has 102 valence electrons. The number of carbonyl (C=O) groups is 2. The summed E-state index contributed by atoms with van der Waals surface area (Å²) in [4.78, 5) is 29.3. The molecule has 1 aromatic rings. The molecule has 0 atom stereocenters. The summed E-state index contributed by atoms with van der Waals surface area (Å²) >= 11 is 0. The SMILES string of the molecule is CCC1(CC)CC(=O)N(Cc2cncc(F)c2)C1=O. The summed E-state index contributed by atoms with van der Waals surface area (Å²) in [6, 6.07) is 1.30.